The first-order valence-corrected chi connectivity index (χ1v) is 8.25. The Kier molecular flexibility index (Phi) is 4.94. The molecule has 1 aliphatic heterocycles. The van der Waals surface area contributed by atoms with Gasteiger partial charge in [-0.25, -0.2) is 4.98 Å². The summed E-state index contributed by atoms with van der Waals surface area (Å²) in [7, 11) is 0. The van der Waals surface area contributed by atoms with E-state index in [4.69, 9.17) is 23.2 Å². The third kappa shape index (κ3) is 3.38. The summed E-state index contributed by atoms with van der Waals surface area (Å²) in [5, 5.41) is 0.374. The second-order valence-electron chi connectivity index (χ2n) is 5.12. The second kappa shape index (κ2) is 7.11. The molecule has 0 N–H and O–H groups in total. The number of nitrogens with zero attached hydrogens (tertiary/aromatic N) is 3. The lowest BCUT2D eigenvalue weighted by Crippen LogP contribution is -2.33. The molecular formula is C17H15Cl2N3O. The first-order valence-electron chi connectivity index (χ1n) is 7.34. The van der Waals surface area contributed by atoms with Crippen molar-refractivity contribution < 1.29 is 4.79 Å². The van der Waals surface area contributed by atoms with E-state index in [0.717, 1.165) is 11.3 Å². The first-order chi connectivity index (χ1) is 11.2. The van der Waals surface area contributed by atoms with Gasteiger partial charge in [0.15, 0.2) is 0 Å². The number of carbonyl (C=O) groups is 1. The molecule has 1 aromatic carbocycles. The molecule has 4 nitrogen and oxygen atoms in total. The molecule has 0 unspecified atom stereocenters. The maximum absolute atomic E-state index is 12.5. The number of benzene rings is 1. The van der Waals surface area contributed by atoms with Gasteiger partial charge < -0.3 is 4.90 Å². The lowest BCUT2D eigenvalue weighted by molar-refractivity contribution is -0.117. The Bertz CT molecular complexity index is 747. The Balaban J connectivity index is 2.12. The molecule has 0 radical (unpaired) electrons. The fraction of sp³-hybridized carbons (Fsp3) is 0.235. The van der Waals surface area contributed by atoms with Crippen molar-refractivity contribution in [2.24, 2.45) is 4.99 Å². The SMILES string of the molecule is O=C1CN=C(c2ccccc2)c2nc(Cl)ccc2N1CCCCl. The van der Waals surface area contributed by atoms with Gasteiger partial charge >= 0.3 is 0 Å². The third-order valence-corrected chi connectivity index (χ3v) is 4.07. The topological polar surface area (TPSA) is 45.6 Å². The Morgan fingerprint density at radius 1 is 1.13 bits per heavy atom. The van der Waals surface area contributed by atoms with Crippen LogP contribution in [0, 0.1) is 0 Å². The van der Waals surface area contributed by atoms with Gasteiger partial charge in [0.25, 0.3) is 0 Å². The lowest BCUT2D eigenvalue weighted by Gasteiger charge is -2.22. The number of aliphatic imine (C=N–C) groups is 1. The molecular weight excluding hydrogens is 333 g/mol. The summed E-state index contributed by atoms with van der Waals surface area (Å²) in [4.78, 5) is 23.1. The molecule has 6 heteroatoms. The van der Waals surface area contributed by atoms with Crippen LogP contribution in [0.4, 0.5) is 5.69 Å². The van der Waals surface area contributed by atoms with E-state index in [-0.39, 0.29) is 12.5 Å². The zero-order valence-electron chi connectivity index (χ0n) is 12.4. The van der Waals surface area contributed by atoms with Gasteiger partial charge in [0.05, 0.1) is 11.4 Å². The summed E-state index contributed by atoms with van der Waals surface area (Å²) in [6.07, 6.45) is 0.704. The number of rotatable bonds is 4. The number of hydrogen-bond donors (Lipinski definition) is 0. The first kappa shape index (κ1) is 16.0. The second-order valence-corrected chi connectivity index (χ2v) is 5.89. The van der Waals surface area contributed by atoms with Crippen LogP contribution in [-0.2, 0) is 4.79 Å². The van der Waals surface area contributed by atoms with E-state index in [1.54, 1.807) is 11.0 Å². The molecule has 3 rings (SSSR count). The molecule has 0 bridgehead atoms. The molecule has 1 amide bonds. The number of anilines is 1. The summed E-state index contributed by atoms with van der Waals surface area (Å²) in [6, 6.07) is 13.2. The van der Waals surface area contributed by atoms with Crippen molar-refractivity contribution in [3.05, 3.63) is 58.9 Å². The number of amides is 1. The van der Waals surface area contributed by atoms with Crippen LogP contribution < -0.4 is 4.90 Å². The predicted octanol–water partition coefficient (Wildman–Crippen LogP) is 3.55. The summed E-state index contributed by atoms with van der Waals surface area (Å²) in [6.45, 7) is 0.622. The molecule has 0 aliphatic carbocycles. The van der Waals surface area contributed by atoms with Gasteiger partial charge in [-0.1, -0.05) is 41.9 Å². The smallest absolute Gasteiger partial charge is 0.248 e. The van der Waals surface area contributed by atoms with Gasteiger partial charge in [0.2, 0.25) is 5.91 Å². The molecule has 1 aliphatic rings. The average Bonchev–Trinajstić information content (AvgIpc) is 2.70. The van der Waals surface area contributed by atoms with Crippen LogP contribution in [-0.4, -0.2) is 35.6 Å². The van der Waals surface area contributed by atoms with E-state index in [2.05, 4.69) is 9.98 Å². The Labute approximate surface area is 144 Å². The lowest BCUT2D eigenvalue weighted by atomic mass is 10.1. The van der Waals surface area contributed by atoms with Crippen LogP contribution in [0.25, 0.3) is 0 Å². The Morgan fingerprint density at radius 3 is 2.65 bits per heavy atom. The van der Waals surface area contributed by atoms with Gasteiger partial charge in [-0.3, -0.25) is 9.79 Å². The highest BCUT2D eigenvalue weighted by Gasteiger charge is 2.26. The largest absolute Gasteiger partial charge is 0.309 e. The minimum atomic E-state index is -0.0635. The normalized spacial score (nSPS) is 14.3. The van der Waals surface area contributed by atoms with E-state index in [1.807, 2.05) is 36.4 Å². The van der Waals surface area contributed by atoms with Crippen LogP contribution in [0.5, 0.6) is 0 Å². The molecule has 2 aromatic rings. The van der Waals surface area contributed by atoms with Crippen LogP contribution >= 0.6 is 23.2 Å². The van der Waals surface area contributed by atoms with Crippen molar-refractivity contribution >= 4 is 40.5 Å². The monoisotopic (exact) mass is 347 g/mol. The highest BCUT2D eigenvalue weighted by atomic mass is 35.5. The van der Waals surface area contributed by atoms with Gasteiger partial charge in [-0.05, 0) is 18.6 Å². The number of carbonyl (C=O) groups excluding carboxylic acids is 1. The third-order valence-electron chi connectivity index (χ3n) is 3.59. The number of fused-ring (bicyclic) bond motifs is 1. The Morgan fingerprint density at radius 2 is 1.91 bits per heavy atom. The van der Waals surface area contributed by atoms with Crippen LogP contribution in [0.2, 0.25) is 5.15 Å². The zero-order chi connectivity index (χ0) is 16.2. The van der Waals surface area contributed by atoms with Crippen LogP contribution in [0.1, 0.15) is 17.7 Å². The fourth-order valence-corrected chi connectivity index (χ4v) is 2.82. The number of alkyl halides is 1. The molecule has 0 spiro atoms. The molecule has 118 valence electrons. The molecule has 0 saturated heterocycles. The zero-order valence-corrected chi connectivity index (χ0v) is 13.9. The van der Waals surface area contributed by atoms with Crippen molar-refractivity contribution in [3.8, 4) is 0 Å². The number of pyridine rings is 1. The van der Waals surface area contributed by atoms with E-state index >= 15 is 0 Å². The van der Waals surface area contributed by atoms with Crippen LogP contribution in [0.3, 0.4) is 0 Å². The molecule has 2 heterocycles. The van der Waals surface area contributed by atoms with Crippen molar-refractivity contribution in [1.29, 1.82) is 0 Å². The quantitative estimate of drug-likeness (QED) is 0.627. The summed E-state index contributed by atoms with van der Waals surface area (Å²) in [5.41, 5.74) is 2.95. The number of halogens is 2. The molecule has 0 saturated carbocycles. The van der Waals surface area contributed by atoms with E-state index in [0.29, 0.717) is 35.4 Å². The van der Waals surface area contributed by atoms with Gasteiger partial charge in [0, 0.05) is 18.0 Å². The highest BCUT2D eigenvalue weighted by molar-refractivity contribution is 6.30. The van der Waals surface area contributed by atoms with Gasteiger partial charge in [0.1, 0.15) is 17.4 Å². The summed E-state index contributed by atoms with van der Waals surface area (Å²) in [5.74, 6) is 0.429. The molecule has 0 atom stereocenters. The fourth-order valence-electron chi connectivity index (χ4n) is 2.55. The predicted molar refractivity (Wildman–Crippen MR) is 93.9 cm³/mol. The Hall–Kier alpha value is -1.91. The maximum atomic E-state index is 12.5. The molecule has 0 fully saturated rings. The maximum Gasteiger partial charge on any atom is 0.248 e. The number of aromatic nitrogens is 1. The summed E-state index contributed by atoms with van der Waals surface area (Å²) >= 11 is 11.9. The van der Waals surface area contributed by atoms with Crippen molar-refractivity contribution in [2.45, 2.75) is 6.42 Å². The minimum Gasteiger partial charge on any atom is -0.309 e. The average molecular weight is 348 g/mol. The number of hydrogen-bond acceptors (Lipinski definition) is 3. The van der Waals surface area contributed by atoms with Crippen LogP contribution in [0.15, 0.2) is 47.5 Å². The van der Waals surface area contributed by atoms with Crippen molar-refractivity contribution in [2.75, 3.05) is 23.9 Å². The molecule has 23 heavy (non-hydrogen) atoms. The van der Waals surface area contributed by atoms with E-state index < -0.39 is 0 Å². The van der Waals surface area contributed by atoms with Crippen molar-refractivity contribution in [3.63, 3.8) is 0 Å². The highest BCUT2D eigenvalue weighted by Crippen LogP contribution is 2.27. The standard InChI is InChI=1S/C17H15Cl2N3O/c18-9-4-10-22-13-7-8-14(19)21-17(13)16(20-11-15(22)23)12-5-2-1-3-6-12/h1-3,5-8H,4,9-11H2. The van der Waals surface area contributed by atoms with E-state index in [1.165, 1.54) is 0 Å². The molecule has 1 aromatic heterocycles. The minimum absolute atomic E-state index is 0.0635. The van der Waals surface area contributed by atoms with Crippen molar-refractivity contribution in [1.82, 2.24) is 4.98 Å². The van der Waals surface area contributed by atoms with Gasteiger partial charge in [-0.15, -0.1) is 11.6 Å². The van der Waals surface area contributed by atoms with Gasteiger partial charge in [-0.2, -0.15) is 0 Å². The summed E-state index contributed by atoms with van der Waals surface area (Å²) < 4.78 is 0. The van der Waals surface area contributed by atoms with E-state index in [9.17, 15) is 4.79 Å².